The van der Waals surface area contributed by atoms with Crippen LogP contribution in [-0.2, 0) is 0 Å². The third kappa shape index (κ3) is 9.36. The van der Waals surface area contributed by atoms with Crippen molar-refractivity contribution in [1.29, 1.82) is 0 Å². The number of hydrogen-bond donors (Lipinski definition) is 0. The molecule has 0 N–H and O–H groups in total. The molecular formula is C27H56. The largest absolute Gasteiger partial charge is 0.0654 e. The Morgan fingerprint density at radius 3 is 1.52 bits per heavy atom. The molecule has 0 saturated heterocycles. The van der Waals surface area contributed by atoms with Crippen LogP contribution in [0.4, 0.5) is 0 Å². The molecule has 0 aromatic heterocycles. The Kier molecular flexibility index (Phi) is 13.3. The van der Waals surface area contributed by atoms with Crippen LogP contribution in [0.15, 0.2) is 0 Å². The lowest BCUT2D eigenvalue weighted by atomic mass is 9.62. The standard InChI is InChI=1S/C27H56/c1-10-19-25(7,13-4)22-17-16-18-24(27(9,15-6)21-12-3)23-26(8,14-5)20-11-2/h24H,10-23H2,1-9H3. The molecule has 4 atom stereocenters. The highest BCUT2D eigenvalue weighted by Crippen LogP contribution is 2.47. The van der Waals surface area contributed by atoms with Gasteiger partial charge in [-0.1, -0.05) is 114 Å². The van der Waals surface area contributed by atoms with E-state index in [0.29, 0.717) is 16.2 Å². The molecule has 0 aromatic rings. The van der Waals surface area contributed by atoms with E-state index in [1.807, 2.05) is 0 Å². The second kappa shape index (κ2) is 13.3. The summed E-state index contributed by atoms with van der Waals surface area (Å²) in [6.07, 6.45) is 19.4. The summed E-state index contributed by atoms with van der Waals surface area (Å²) in [5.41, 5.74) is 1.67. The molecule has 0 bridgehead atoms. The Balaban J connectivity index is 5.05. The zero-order chi connectivity index (χ0) is 21.0. The minimum atomic E-state index is 0.538. The van der Waals surface area contributed by atoms with Crippen LogP contribution in [0.5, 0.6) is 0 Å². The van der Waals surface area contributed by atoms with Crippen molar-refractivity contribution in [3.05, 3.63) is 0 Å². The molecule has 0 amide bonds. The van der Waals surface area contributed by atoms with Gasteiger partial charge >= 0.3 is 0 Å². The molecule has 0 saturated carbocycles. The summed E-state index contributed by atoms with van der Waals surface area (Å²) in [6.45, 7) is 22.1. The maximum absolute atomic E-state index is 2.61. The van der Waals surface area contributed by atoms with E-state index in [-0.39, 0.29) is 0 Å². The van der Waals surface area contributed by atoms with E-state index in [9.17, 15) is 0 Å². The summed E-state index contributed by atoms with van der Waals surface area (Å²) >= 11 is 0. The Labute approximate surface area is 174 Å². The summed E-state index contributed by atoms with van der Waals surface area (Å²) in [7, 11) is 0. The van der Waals surface area contributed by atoms with Gasteiger partial charge in [-0.2, -0.15) is 0 Å². The SMILES string of the molecule is CCCC(C)(CC)CCCCC(CC(C)(CC)CCC)C(C)(CC)CCC. The quantitative estimate of drug-likeness (QED) is 0.220. The normalized spacial score (nSPS) is 19.9. The second-order valence-corrected chi connectivity index (χ2v) is 10.7. The highest BCUT2D eigenvalue weighted by Gasteiger charge is 2.36. The van der Waals surface area contributed by atoms with Crippen molar-refractivity contribution in [2.24, 2.45) is 22.2 Å². The lowest BCUT2D eigenvalue weighted by Gasteiger charge is -2.43. The van der Waals surface area contributed by atoms with Crippen LogP contribution in [-0.4, -0.2) is 0 Å². The highest BCUT2D eigenvalue weighted by atomic mass is 14.4. The van der Waals surface area contributed by atoms with Gasteiger partial charge in [0.1, 0.15) is 0 Å². The van der Waals surface area contributed by atoms with E-state index in [1.54, 1.807) is 0 Å². The van der Waals surface area contributed by atoms with Gasteiger partial charge in [0.05, 0.1) is 0 Å². The summed E-state index contributed by atoms with van der Waals surface area (Å²) in [5.74, 6) is 0.901. The molecule has 4 unspecified atom stereocenters. The van der Waals surface area contributed by atoms with Gasteiger partial charge in [-0.3, -0.25) is 0 Å². The predicted molar refractivity (Wildman–Crippen MR) is 126 cm³/mol. The lowest BCUT2D eigenvalue weighted by Crippen LogP contribution is -2.32. The number of unbranched alkanes of at least 4 members (excludes halogenated alkanes) is 1. The molecule has 0 nitrogen and oxygen atoms in total. The van der Waals surface area contributed by atoms with Crippen LogP contribution in [0.1, 0.15) is 152 Å². The van der Waals surface area contributed by atoms with Crippen molar-refractivity contribution in [2.45, 2.75) is 152 Å². The molecule has 27 heavy (non-hydrogen) atoms. The van der Waals surface area contributed by atoms with Crippen molar-refractivity contribution in [3.8, 4) is 0 Å². The Hall–Kier alpha value is 0. The van der Waals surface area contributed by atoms with E-state index in [4.69, 9.17) is 0 Å². The van der Waals surface area contributed by atoms with Gasteiger partial charge in [0.2, 0.25) is 0 Å². The van der Waals surface area contributed by atoms with Gasteiger partial charge in [0.25, 0.3) is 0 Å². The maximum Gasteiger partial charge on any atom is -0.0300 e. The summed E-state index contributed by atoms with van der Waals surface area (Å²) in [4.78, 5) is 0. The molecule has 0 spiro atoms. The van der Waals surface area contributed by atoms with Gasteiger partial charge in [-0.05, 0) is 60.7 Å². The summed E-state index contributed by atoms with van der Waals surface area (Å²) < 4.78 is 0. The lowest BCUT2D eigenvalue weighted by molar-refractivity contribution is 0.0797. The van der Waals surface area contributed by atoms with Gasteiger partial charge in [0.15, 0.2) is 0 Å². The van der Waals surface area contributed by atoms with Crippen molar-refractivity contribution >= 4 is 0 Å². The zero-order valence-corrected chi connectivity index (χ0v) is 21.0. The average Bonchev–Trinajstić information content (AvgIpc) is 2.64. The first-order valence-corrected chi connectivity index (χ1v) is 12.7. The van der Waals surface area contributed by atoms with Crippen LogP contribution < -0.4 is 0 Å². The summed E-state index contributed by atoms with van der Waals surface area (Å²) in [6, 6.07) is 0. The van der Waals surface area contributed by atoms with E-state index < -0.39 is 0 Å². The molecule has 0 rings (SSSR count). The Morgan fingerprint density at radius 2 is 1.07 bits per heavy atom. The molecule has 0 aliphatic heterocycles. The number of hydrogen-bond acceptors (Lipinski definition) is 0. The van der Waals surface area contributed by atoms with E-state index >= 15 is 0 Å². The first-order valence-electron chi connectivity index (χ1n) is 12.7. The Morgan fingerprint density at radius 1 is 0.556 bits per heavy atom. The van der Waals surface area contributed by atoms with E-state index in [2.05, 4.69) is 62.3 Å². The fourth-order valence-electron chi connectivity index (χ4n) is 5.58. The molecular weight excluding hydrogens is 324 g/mol. The third-order valence-electron chi connectivity index (χ3n) is 8.35. The Bertz CT molecular complexity index is 359. The van der Waals surface area contributed by atoms with Crippen molar-refractivity contribution in [3.63, 3.8) is 0 Å². The monoisotopic (exact) mass is 380 g/mol. The van der Waals surface area contributed by atoms with E-state index in [0.717, 1.165) is 5.92 Å². The molecule has 0 heterocycles. The van der Waals surface area contributed by atoms with Crippen LogP contribution in [0, 0.1) is 22.2 Å². The molecule has 0 radical (unpaired) electrons. The minimum Gasteiger partial charge on any atom is -0.0654 e. The van der Waals surface area contributed by atoms with Gasteiger partial charge in [-0.25, -0.2) is 0 Å². The first-order chi connectivity index (χ1) is 12.7. The van der Waals surface area contributed by atoms with Gasteiger partial charge in [0, 0.05) is 0 Å². The minimum absolute atomic E-state index is 0.538. The molecule has 164 valence electrons. The molecule has 0 heteroatoms. The summed E-state index contributed by atoms with van der Waals surface area (Å²) in [5, 5.41) is 0. The molecule has 0 aromatic carbocycles. The topological polar surface area (TPSA) is 0 Å². The van der Waals surface area contributed by atoms with Crippen molar-refractivity contribution < 1.29 is 0 Å². The van der Waals surface area contributed by atoms with E-state index in [1.165, 1.54) is 89.9 Å². The fourth-order valence-corrected chi connectivity index (χ4v) is 5.58. The number of rotatable bonds is 17. The van der Waals surface area contributed by atoms with Crippen molar-refractivity contribution in [2.75, 3.05) is 0 Å². The predicted octanol–water partition coefficient (Wildman–Crippen LogP) is 10.2. The smallest absolute Gasteiger partial charge is 0.0300 e. The molecule has 0 fully saturated rings. The van der Waals surface area contributed by atoms with Gasteiger partial charge < -0.3 is 0 Å². The van der Waals surface area contributed by atoms with Crippen LogP contribution >= 0.6 is 0 Å². The molecule has 0 aliphatic rings. The fraction of sp³-hybridized carbons (Fsp3) is 1.00. The van der Waals surface area contributed by atoms with Crippen LogP contribution in [0.3, 0.4) is 0 Å². The maximum atomic E-state index is 2.61. The zero-order valence-electron chi connectivity index (χ0n) is 21.0. The van der Waals surface area contributed by atoms with Crippen LogP contribution in [0.2, 0.25) is 0 Å². The average molecular weight is 381 g/mol. The first kappa shape index (κ1) is 27.0. The van der Waals surface area contributed by atoms with Crippen molar-refractivity contribution in [1.82, 2.24) is 0 Å². The van der Waals surface area contributed by atoms with Crippen LogP contribution in [0.25, 0.3) is 0 Å². The highest BCUT2D eigenvalue weighted by molar-refractivity contribution is 4.87. The van der Waals surface area contributed by atoms with Gasteiger partial charge in [-0.15, -0.1) is 0 Å². The molecule has 0 aliphatic carbocycles. The second-order valence-electron chi connectivity index (χ2n) is 10.7. The third-order valence-corrected chi connectivity index (χ3v) is 8.35.